The first kappa shape index (κ1) is 17.7. The van der Waals surface area contributed by atoms with Gasteiger partial charge in [0.2, 0.25) is 5.91 Å². The first-order valence-electron chi connectivity index (χ1n) is 7.56. The highest BCUT2D eigenvalue weighted by molar-refractivity contribution is 5.90. The molecule has 1 aromatic heterocycles. The lowest BCUT2D eigenvalue weighted by atomic mass is 10.1. The van der Waals surface area contributed by atoms with E-state index in [1.54, 1.807) is 32.2 Å². The molecule has 0 radical (unpaired) electrons. The molecule has 1 heterocycles. The second kappa shape index (κ2) is 7.77. The number of halogens is 1. The summed E-state index contributed by atoms with van der Waals surface area (Å²) in [6, 6.07) is 7.78. The Bertz CT molecular complexity index is 738. The van der Waals surface area contributed by atoms with Crippen LogP contribution in [-0.4, -0.2) is 30.9 Å². The maximum absolute atomic E-state index is 13.1. The van der Waals surface area contributed by atoms with Crippen LogP contribution in [0, 0.1) is 12.7 Å². The average Bonchev–Trinajstić information content (AvgIpc) is 2.92. The van der Waals surface area contributed by atoms with Crippen LogP contribution in [0.3, 0.4) is 0 Å². The van der Waals surface area contributed by atoms with Crippen molar-refractivity contribution in [3.8, 4) is 0 Å². The largest absolute Gasteiger partial charge is 0.465 e. The van der Waals surface area contributed by atoms with Crippen LogP contribution < -0.4 is 0 Å². The van der Waals surface area contributed by atoms with Gasteiger partial charge in [0.05, 0.1) is 13.7 Å². The van der Waals surface area contributed by atoms with Gasteiger partial charge in [-0.05, 0) is 37.1 Å². The average molecular weight is 333 g/mol. The smallest absolute Gasteiger partial charge is 0.341 e. The number of carbonyl (C=O) groups excluding carboxylic acids is 2. The summed E-state index contributed by atoms with van der Waals surface area (Å²) in [5, 5.41) is 0. The van der Waals surface area contributed by atoms with E-state index in [-0.39, 0.29) is 24.7 Å². The van der Waals surface area contributed by atoms with Crippen molar-refractivity contribution in [2.24, 2.45) is 0 Å². The number of nitrogens with zero attached hydrogens (tertiary/aromatic N) is 1. The monoisotopic (exact) mass is 333 g/mol. The molecular formula is C18H20FNO4. The molecule has 6 heteroatoms. The standard InChI is InChI=1S/C18H20FNO4/c1-12-16(18(22)23-3)10-15(24-12)11-20(2)17(21)8-7-13-5-4-6-14(19)9-13/h4-6,9-10H,7-8,11H2,1-3H3. The van der Waals surface area contributed by atoms with Crippen molar-refractivity contribution in [2.45, 2.75) is 26.3 Å². The number of ether oxygens (including phenoxy) is 1. The molecule has 0 saturated heterocycles. The van der Waals surface area contributed by atoms with Gasteiger partial charge in [-0.15, -0.1) is 0 Å². The molecule has 0 bridgehead atoms. The number of aryl methyl sites for hydroxylation is 2. The number of carbonyl (C=O) groups is 2. The highest BCUT2D eigenvalue weighted by Crippen LogP contribution is 2.17. The van der Waals surface area contributed by atoms with Crippen LogP contribution in [0.5, 0.6) is 0 Å². The second-order valence-corrected chi connectivity index (χ2v) is 5.55. The second-order valence-electron chi connectivity index (χ2n) is 5.55. The van der Waals surface area contributed by atoms with Crippen LogP contribution in [0.25, 0.3) is 0 Å². The zero-order valence-corrected chi connectivity index (χ0v) is 14.0. The normalized spacial score (nSPS) is 10.5. The van der Waals surface area contributed by atoms with E-state index in [4.69, 9.17) is 4.42 Å². The summed E-state index contributed by atoms with van der Waals surface area (Å²) in [5.41, 5.74) is 1.13. The fraction of sp³-hybridized carbons (Fsp3) is 0.333. The van der Waals surface area contributed by atoms with E-state index in [2.05, 4.69) is 4.74 Å². The number of furan rings is 1. The van der Waals surface area contributed by atoms with Crippen molar-refractivity contribution in [1.29, 1.82) is 0 Å². The topological polar surface area (TPSA) is 59.8 Å². The van der Waals surface area contributed by atoms with Gasteiger partial charge >= 0.3 is 5.97 Å². The molecule has 0 unspecified atom stereocenters. The predicted molar refractivity (Wildman–Crippen MR) is 86.0 cm³/mol. The molecule has 5 nitrogen and oxygen atoms in total. The van der Waals surface area contributed by atoms with E-state index in [1.165, 1.54) is 24.1 Å². The Morgan fingerprint density at radius 2 is 2.04 bits per heavy atom. The Kier molecular flexibility index (Phi) is 5.73. The molecule has 0 saturated carbocycles. The van der Waals surface area contributed by atoms with Gasteiger partial charge in [-0.3, -0.25) is 4.79 Å². The van der Waals surface area contributed by atoms with Gasteiger partial charge in [0.1, 0.15) is 22.9 Å². The van der Waals surface area contributed by atoms with E-state index in [0.29, 0.717) is 23.5 Å². The molecule has 0 aliphatic rings. The van der Waals surface area contributed by atoms with Crippen molar-refractivity contribution in [1.82, 2.24) is 4.90 Å². The Hall–Kier alpha value is -2.63. The number of hydrogen-bond acceptors (Lipinski definition) is 4. The Labute approximate surface area is 140 Å². The maximum Gasteiger partial charge on any atom is 0.341 e. The number of methoxy groups -OCH3 is 1. The summed E-state index contributed by atoms with van der Waals surface area (Å²) >= 11 is 0. The van der Waals surface area contributed by atoms with E-state index in [9.17, 15) is 14.0 Å². The van der Waals surface area contributed by atoms with Gasteiger partial charge < -0.3 is 14.1 Å². The van der Waals surface area contributed by atoms with E-state index in [0.717, 1.165) is 5.56 Å². The van der Waals surface area contributed by atoms with Gasteiger partial charge in [0, 0.05) is 13.5 Å². The van der Waals surface area contributed by atoms with Crippen LogP contribution in [-0.2, 0) is 22.5 Å². The third kappa shape index (κ3) is 4.44. The summed E-state index contributed by atoms with van der Waals surface area (Å²) in [6.07, 6.45) is 0.731. The molecule has 0 fully saturated rings. The SMILES string of the molecule is COC(=O)c1cc(CN(C)C(=O)CCc2cccc(F)c2)oc1C. The third-order valence-corrected chi connectivity index (χ3v) is 3.71. The van der Waals surface area contributed by atoms with Gasteiger partial charge in [-0.2, -0.15) is 0 Å². The fourth-order valence-electron chi connectivity index (χ4n) is 2.39. The number of benzene rings is 1. The van der Waals surface area contributed by atoms with Crippen molar-refractivity contribution in [2.75, 3.05) is 14.2 Å². The minimum absolute atomic E-state index is 0.0899. The van der Waals surface area contributed by atoms with Crippen LogP contribution in [0.1, 0.15) is 33.9 Å². The summed E-state index contributed by atoms with van der Waals surface area (Å²) in [6.45, 7) is 1.92. The Morgan fingerprint density at radius 1 is 1.29 bits per heavy atom. The zero-order valence-electron chi connectivity index (χ0n) is 14.0. The van der Waals surface area contributed by atoms with Gasteiger partial charge in [0.15, 0.2) is 0 Å². The molecule has 1 amide bonds. The molecule has 0 spiro atoms. The van der Waals surface area contributed by atoms with Crippen molar-refractivity contribution >= 4 is 11.9 Å². The lowest BCUT2D eigenvalue weighted by Crippen LogP contribution is -2.26. The summed E-state index contributed by atoms with van der Waals surface area (Å²) in [4.78, 5) is 25.3. The van der Waals surface area contributed by atoms with E-state index < -0.39 is 5.97 Å². The molecule has 0 aliphatic heterocycles. The van der Waals surface area contributed by atoms with Gasteiger partial charge in [-0.1, -0.05) is 12.1 Å². The Balaban J connectivity index is 1.93. The highest BCUT2D eigenvalue weighted by atomic mass is 19.1. The molecule has 2 aromatic rings. The van der Waals surface area contributed by atoms with E-state index >= 15 is 0 Å². The zero-order chi connectivity index (χ0) is 17.7. The summed E-state index contributed by atoms with van der Waals surface area (Å²) in [5.74, 6) is 0.0946. The number of amides is 1. The molecule has 2 rings (SSSR count). The quantitative estimate of drug-likeness (QED) is 0.762. The van der Waals surface area contributed by atoms with Crippen LogP contribution in [0.2, 0.25) is 0 Å². The first-order valence-corrected chi connectivity index (χ1v) is 7.56. The van der Waals surface area contributed by atoms with Gasteiger partial charge in [0.25, 0.3) is 0 Å². The molecule has 0 N–H and O–H groups in total. The maximum atomic E-state index is 13.1. The lowest BCUT2D eigenvalue weighted by Gasteiger charge is -2.15. The van der Waals surface area contributed by atoms with Crippen molar-refractivity contribution in [3.05, 3.63) is 58.8 Å². The van der Waals surface area contributed by atoms with Crippen molar-refractivity contribution < 1.29 is 23.1 Å². The summed E-state index contributed by atoms with van der Waals surface area (Å²) in [7, 11) is 2.96. The molecular weight excluding hydrogens is 313 g/mol. The van der Waals surface area contributed by atoms with Crippen LogP contribution in [0.15, 0.2) is 34.7 Å². The molecule has 128 valence electrons. The van der Waals surface area contributed by atoms with Crippen LogP contribution in [0.4, 0.5) is 4.39 Å². The Morgan fingerprint density at radius 3 is 2.71 bits per heavy atom. The van der Waals surface area contributed by atoms with Crippen LogP contribution >= 0.6 is 0 Å². The fourth-order valence-corrected chi connectivity index (χ4v) is 2.39. The minimum Gasteiger partial charge on any atom is -0.465 e. The number of hydrogen-bond donors (Lipinski definition) is 0. The third-order valence-electron chi connectivity index (χ3n) is 3.71. The lowest BCUT2D eigenvalue weighted by molar-refractivity contribution is -0.130. The first-order chi connectivity index (χ1) is 11.4. The molecule has 0 atom stereocenters. The number of esters is 1. The minimum atomic E-state index is -0.470. The van der Waals surface area contributed by atoms with E-state index in [1.807, 2.05) is 0 Å². The molecule has 1 aromatic carbocycles. The van der Waals surface area contributed by atoms with Gasteiger partial charge in [-0.25, -0.2) is 9.18 Å². The summed E-state index contributed by atoms with van der Waals surface area (Å²) < 4.78 is 23.3. The number of rotatable bonds is 6. The molecule has 24 heavy (non-hydrogen) atoms. The predicted octanol–water partition coefficient (Wildman–Crippen LogP) is 3.10. The molecule has 0 aliphatic carbocycles. The highest BCUT2D eigenvalue weighted by Gasteiger charge is 2.17. The van der Waals surface area contributed by atoms with Crippen molar-refractivity contribution in [3.63, 3.8) is 0 Å².